The highest BCUT2D eigenvalue weighted by atomic mass is 15.3. The second-order valence-corrected chi connectivity index (χ2v) is 4.77. The van der Waals surface area contributed by atoms with Crippen LogP contribution in [0.3, 0.4) is 0 Å². The molecule has 104 valence electrons. The van der Waals surface area contributed by atoms with E-state index in [1.54, 1.807) is 0 Å². The van der Waals surface area contributed by atoms with Gasteiger partial charge >= 0.3 is 0 Å². The Hall–Kier alpha value is -1.62. The van der Waals surface area contributed by atoms with Gasteiger partial charge in [0.1, 0.15) is 0 Å². The van der Waals surface area contributed by atoms with Gasteiger partial charge < -0.3 is 5.32 Å². The Bertz CT molecular complexity index is 526. The van der Waals surface area contributed by atoms with Crippen molar-refractivity contribution < 1.29 is 0 Å². The normalized spacial score (nSPS) is 12.8. The van der Waals surface area contributed by atoms with Crippen molar-refractivity contribution in [2.24, 2.45) is 0 Å². The molecule has 0 amide bonds. The molecule has 5 nitrogen and oxygen atoms in total. The molecular weight excluding hydrogens is 238 g/mol. The van der Waals surface area contributed by atoms with E-state index >= 15 is 0 Å². The zero-order valence-electron chi connectivity index (χ0n) is 12.2. The van der Waals surface area contributed by atoms with Crippen LogP contribution in [-0.2, 0) is 19.6 Å². The fourth-order valence-corrected chi connectivity index (χ4v) is 2.13. The monoisotopic (exact) mass is 261 g/mol. The molecule has 2 aromatic rings. The number of hydrogen-bond acceptors (Lipinski definition) is 3. The topological polar surface area (TPSA) is 47.7 Å². The minimum Gasteiger partial charge on any atom is -0.305 e. The Kier molecular flexibility index (Phi) is 4.37. The van der Waals surface area contributed by atoms with E-state index in [0.717, 1.165) is 25.3 Å². The van der Waals surface area contributed by atoms with E-state index in [9.17, 15) is 0 Å². The number of aryl methyl sites for hydroxylation is 2. The molecule has 0 aliphatic carbocycles. The van der Waals surface area contributed by atoms with Gasteiger partial charge in [0.05, 0.1) is 11.9 Å². The molecule has 0 saturated carbocycles. The van der Waals surface area contributed by atoms with E-state index in [1.165, 1.54) is 11.3 Å². The van der Waals surface area contributed by atoms with Crippen molar-refractivity contribution in [3.05, 3.63) is 35.4 Å². The average molecular weight is 261 g/mol. The molecule has 2 rings (SSSR count). The molecule has 0 radical (unpaired) electrons. The Morgan fingerprint density at radius 3 is 2.68 bits per heavy atom. The number of rotatable bonds is 6. The van der Waals surface area contributed by atoms with Gasteiger partial charge in [0.2, 0.25) is 0 Å². The number of hydrogen-bond donors (Lipinski definition) is 1. The second kappa shape index (κ2) is 6.02. The summed E-state index contributed by atoms with van der Waals surface area (Å²) in [5, 5.41) is 12.4. The molecule has 0 aliphatic heterocycles. The third-order valence-electron chi connectivity index (χ3n) is 3.53. The van der Waals surface area contributed by atoms with Gasteiger partial charge in [-0.15, -0.1) is 0 Å². The van der Waals surface area contributed by atoms with E-state index in [2.05, 4.69) is 49.3 Å². The van der Waals surface area contributed by atoms with Gasteiger partial charge in [-0.05, 0) is 33.8 Å². The summed E-state index contributed by atoms with van der Waals surface area (Å²) in [5.41, 5.74) is 3.58. The quantitative estimate of drug-likeness (QED) is 0.868. The SMILES string of the molecule is CCn1ccc(C(C)NCc2cnn(CC)c2C)n1. The highest BCUT2D eigenvalue weighted by Crippen LogP contribution is 2.12. The van der Waals surface area contributed by atoms with Crippen molar-refractivity contribution in [2.75, 3.05) is 0 Å². The van der Waals surface area contributed by atoms with Crippen LogP contribution < -0.4 is 5.32 Å². The van der Waals surface area contributed by atoms with Crippen molar-refractivity contribution >= 4 is 0 Å². The lowest BCUT2D eigenvalue weighted by Gasteiger charge is -2.11. The third kappa shape index (κ3) is 3.04. The molecule has 0 saturated heterocycles. The maximum Gasteiger partial charge on any atom is 0.0791 e. The van der Waals surface area contributed by atoms with Gasteiger partial charge in [-0.1, -0.05) is 0 Å². The van der Waals surface area contributed by atoms with Crippen LogP contribution in [0.1, 0.15) is 43.8 Å². The molecule has 0 bridgehead atoms. The summed E-state index contributed by atoms with van der Waals surface area (Å²) in [7, 11) is 0. The van der Waals surface area contributed by atoms with E-state index in [4.69, 9.17) is 0 Å². The Balaban J connectivity index is 1.96. The summed E-state index contributed by atoms with van der Waals surface area (Å²) < 4.78 is 3.97. The molecule has 0 fully saturated rings. The first-order valence-electron chi connectivity index (χ1n) is 6.93. The molecular formula is C14H23N5. The summed E-state index contributed by atoms with van der Waals surface area (Å²) in [6.07, 6.45) is 3.97. The van der Waals surface area contributed by atoms with Gasteiger partial charge in [0.25, 0.3) is 0 Å². The van der Waals surface area contributed by atoms with Crippen molar-refractivity contribution in [1.29, 1.82) is 0 Å². The zero-order chi connectivity index (χ0) is 13.8. The lowest BCUT2D eigenvalue weighted by Crippen LogP contribution is -2.19. The highest BCUT2D eigenvalue weighted by Gasteiger charge is 2.10. The van der Waals surface area contributed by atoms with Crippen LogP contribution in [0.15, 0.2) is 18.5 Å². The molecule has 0 spiro atoms. The van der Waals surface area contributed by atoms with Crippen molar-refractivity contribution in [1.82, 2.24) is 24.9 Å². The largest absolute Gasteiger partial charge is 0.305 e. The van der Waals surface area contributed by atoms with Gasteiger partial charge in [-0.3, -0.25) is 9.36 Å². The number of nitrogens with one attached hydrogen (secondary N) is 1. The van der Waals surface area contributed by atoms with E-state index < -0.39 is 0 Å². The highest BCUT2D eigenvalue weighted by molar-refractivity contribution is 5.16. The van der Waals surface area contributed by atoms with Crippen LogP contribution in [0.4, 0.5) is 0 Å². The van der Waals surface area contributed by atoms with Gasteiger partial charge in [0, 0.05) is 43.1 Å². The molecule has 0 aromatic carbocycles. The van der Waals surface area contributed by atoms with Crippen LogP contribution in [-0.4, -0.2) is 19.6 Å². The zero-order valence-corrected chi connectivity index (χ0v) is 12.2. The van der Waals surface area contributed by atoms with Crippen LogP contribution in [0.2, 0.25) is 0 Å². The predicted molar refractivity (Wildman–Crippen MR) is 75.8 cm³/mol. The first-order valence-corrected chi connectivity index (χ1v) is 6.93. The molecule has 5 heteroatoms. The number of nitrogens with zero attached hydrogens (tertiary/aromatic N) is 4. The summed E-state index contributed by atoms with van der Waals surface area (Å²) in [6, 6.07) is 2.32. The van der Waals surface area contributed by atoms with E-state index in [0.29, 0.717) is 0 Å². The Morgan fingerprint density at radius 2 is 2.11 bits per heavy atom. The fourth-order valence-electron chi connectivity index (χ4n) is 2.13. The summed E-state index contributed by atoms with van der Waals surface area (Å²) >= 11 is 0. The molecule has 1 atom stereocenters. The minimum absolute atomic E-state index is 0.247. The molecule has 1 N–H and O–H groups in total. The van der Waals surface area contributed by atoms with E-state index in [1.807, 2.05) is 21.8 Å². The molecule has 0 aliphatic rings. The summed E-state index contributed by atoms with van der Waals surface area (Å²) in [4.78, 5) is 0. The summed E-state index contributed by atoms with van der Waals surface area (Å²) in [6.45, 7) is 11.1. The Morgan fingerprint density at radius 1 is 1.32 bits per heavy atom. The van der Waals surface area contributed by atoms with Crippen LogP contribution in [0, 0.1) is 6.92 Å². The minimum atomic E-state index is 0.247. The van der Waals surface area contributed by atoms with Crippen LogP contribution >= 0.6 is 0 Å². The number of aromatic nitrogens is 4. The van der Waals surface area contributed by atoms with Crippen LogP contribution in [0.5, 0.6) is 0 Å². The molecule has 2 aromatic heterocycles. The lowest BCUT2D eigenvalue weighted by atomic mass is 10.2. The standard InChI is InChI=1S/C14H23N5/c1-5-18-8-7-14(17-18)11(3)15-9-13-10-16-19(6-2)12(13)4/h7-8,10-11,15H,5-6,9H2,1-4H3. The molecule has 1 unspecified atom stereocenters. The first-order chi connectivity index (χ1) is 9.15. The molecule has 19 heavy (non-hydrogen) atoms. The second-order valence-electron chi connectivity index (χ2n) is 4.77. The van der Waals surface area contributed by atoms with Crippen LogP contribution in [0.25, 0.3) is 0 Å². The predicted octanol–water partition coefficient (Wildman–Crippen LogP) is 2.28. The Labute approximate surface area is 114 Å². The molecule has 2 heterocycles. The smallest absolute Gasteiger partial charge is 0.0791 e. The van der Waals surface area contributed by atoms with Crippen molar-refractivity contribution in [3.63, 3.8) is 0 Å². The van der Waals surface area contributed by atoms with Crippen molar-refractivity contribution in [3.8, 4) is 0 Å². The van der Waals surface area contributed by atoms with Gasteiger partial charge in [0.15, 0.2) is 0 Å². The van der Waals surface area contributed by atoms with Gasteiger partial charge in [-0.2, -0.15) is 10.2 Å². The summed E-state index contributed by atoms with van der Waals surface area (Å²) in [5.74, 6) is 0. The lowest BCUT2D eigenvalue weighted by molar-refractivity contribution is 0.540. The maximum atomic E-state index is 4.52. The average Bonchev–Trinajstić information content (AvgIpc) is 3.03. The van der Waals surface area contributed by atoms with Crippen molar-refractivity contribution in [2.45, 2.75) is 53.4 Å². The van der Waals surface area contributed by atoms with Gasteiger partial charge in [-0.25, -0.2) is 0 Å². The maximum absolute atomic E-state index is 4.52. The third-order valence-corrected chi connectivity index (χ3v) is 3.53. The fraction of sp³-hybridized carbons (Fsp3) is 0.571. The van der Waals surface area contributed by atoms with E-state index in [-0.39, 0.29) is 6.04 Å². The first kappa shape index (κ1) is 13.8.